The molecule has 8 heteroatoms. The first-order valence-electron chi connectivity index (χ1n) is 6.75. The van der Waals surface area contributed by atoms with Crippen LogP contribution in [0.4, 0.5) is 5.69 Å². The van der Waals surface area contributed by atoms with Crippen molar-refractivity contribution in [1.82, 2.24) is 4.31 Å². The quantitative estimate of drug-likeness (QED) is 0.770. The summed E-state index contributed by atoms with van der Waals surface area (Å²) in [6.07, 6.45) is 3.01. The highest BCUT2D eigenvalue weighted by Crippen LogP contribution is 2.36. The molecule has 5 nitrogen and oxygen atoms in total. The Morgan fingerprint density at radius 2 is 2.00 bits per heavy atom. The third kappa shape index (κ3) is 3.46. The van der Waals surface area contributed by atoms with Crippen LogP contribution in [-0.2, 0) is 10.0 Å². The fourth-order valence-corrected chi connectivity index (χ4v) is 5.04. The van der Waals surface area contributed by atoms with Crippen LogP contribution in [0, 0.1) is 0 Å². The summed E-state index contributed by atoms with van der Waals surface area (Å²) in [7, 11) is -3.80. The number of nitrogens with zero attached hydrogens (tertiary/aromatic N) is 1. The summed E-state index contributed by atoms with van der Waals surface area (Å²) >= 11 is 11.9. The Morgan fingerprint density at radius 3 is 2.48 bits per heavy atom. The molecular weight excluding hydrogens is 335 g/mol. The standard InChI is InChI=1S/C13H18Cl2N2O3S/c14-9-7-11(15)13(12(16)8-9)21(19,20)17(5-2-6-18)10-3-1-4-10/h7-8,10,18H,1-6,16H2. The minimum Gasteiger partial charge on any atom is -0.398 e. The van der Waals surface area contributed by atoms with Crippen LogP contribution in [0.15, 0.2) is 17.0 Å². The maximum atomic E-state index is 12.9. The molecule has 0 saturated heterocycles. The van der Waals surface area contributed by atoms with Crippen LogP contribution in [0.2, 0.25) is 10.0 Å². The molecule has 1 saturated carbocycles. The first-order chi connectivity index (χ1) is 9.87. The Morgan fingerprint density at radius 1 is 1.33 bits per heavy atom. The van der Waals surface area contributed by atoms with Crippen molar-refractivity contribution in [1.29, 1.82) is 0 Å². The van der Waals surface area contributed by atoms with Crippen LogP contribution in [0.25, 0.3) is 0 Å². The molecule has 0 bridgehead atoms. The van der Waals surface area contributed by atoms with Crippen molar-refractivity contribution in [2.75, 3.05) is 18.9 Å². The molecule has 0 aromatic heterocycles. The maximum absolute atomic E-state index is 12.9. The number of benzene rings is 1. The average Bonchev–Trinajstić information content (AvgIpc) is 2.29. The lowest BCUT2D eigenvalue weighted by molar-refractivity contribution is 0.198. The summed E-state index contributed by atoms with van der Waals surface area (Å²) in [4.78, 5) is -0.0987. The van der Waals surface area contributed by atoms with E-state index in [2.05, 4.69) is 0 Å². The second-order valence-electron chi connectivity index (χ2n) is 5.08. The zero-order valence-corrected chi connectivity index (χ0v) is 13.8. The van der Waals surface area contributed by atoms with Crippen molar-refractivity contribution in [3.63, 3.8) is 0 Å². The Bertz CT molecular complexity index is 595. The Balaban J connectivity index is 2.42. The van der Waals surface area contributed by atoms with Crippen LogP contribution in [0.5, 0.6) is 0 Å². The maximum Gasteiger partial charge on any atom is 0.246 e. The van der Waals surface area contributed by atoms with Gasteiger partial charge in [-0.05, 0) is 31.4 Å². The van der Waals surface area contributed by atoms with Crippen LogP contribution < -0.4 is 5.73 Å². The predicted molar refractivity (Wildman–Crippen MR) is 84.1 cm³/mol. The SMILES string of the molecule is Nc1cc(Cl)cc(Cl)c1S(=O)(=O)N(CCCO)C1CCC1. The molecule has 1 fully saturated rings. The van der Waals surface area contributed by atoms with E-state index in [-0.39, 0.29) is 34.8 Å². The molecule has 0 atom stereocenters. The molecule has 21 heavy (non-hydrogen) atoms. The number of hydrogen-bond acceptors (Lipinski definition) is 4. The molecule has 0 aliphatic heterocycles. The van der Waals surface area contributed by atoms with Crippen LogP contribution in [-0.4, -0.2) is 37.0 Å². The van der Waals surface area contributed by atoms with Gasteiger partial charge in [-0.1, -0.05) is 29.6 Å². The second kappa shape index (κ2) is 6.71. The fourth-order valence-electron chi connectivity index (χ4n) is 2.37. The Hall–Kier alpha value is -0.530. The lowest BCUT2D eigenvalue weighted by Gasteiger charge is -2.36. The van der Waals surface area contributed by atoms with Crippen LogP contribution >= 0.6 is 23.2 Å². The minimum absolute atomic E-state index is 0.0216. The highest BCUT2D eigenvalue weighted by molar-refractivity contribution is 7.89. The predicted octanol–water partition coefficient (Wildman–Crippen LogP) is 2.50. The van der Waals surface area contributed by atoms with Gasteiger partial charge in [0.1, 0.15) is 4.90 Å². The van der Waals surface area contributed by atoms with E-state index in [0.29, 0.717) is 11.4 Å². The molecule has 0 radical (unpaired) electrons. The summed E-state index contributed by atoms with van der Waals surface area (Å²) < 4.78 is 27.1. The largest absolute Gasteiger partial charge is 0.398 e. The van der Waals surface area contributed by atoms with E-state index in [9.17, 15) is 8.42 Å². The third-order valence-corrected chi connectivity index (χ3v) is 6.32. The van der Waals surface area contributed by atoms with Crippen molar-refractivity contribution < 1.29 is 13.5 Å². The average molecular weight is 353 g/mol. The molecule has 2 rings (SSSR count). The van der Waals surface area contributed by atoms with Gasteiger partial charge in [-0.3, -0.25) is 0 Å². The Labute approximate surface area is 134 Å². The van der Waals surface area contributed by atoms with Gasteiger partial charge in [0.2, 0.25) is 10.0 Å². The fraction of sp³-hybridized carbons (Fsp3) is 0.538. The molecule has 0 heterocycles. The molecule has 118 valence electrons. The Kier molecular flexibility index (Phi) is 5.38. The van der Waals surface area contributed by atoms with E-state index in [1.807, 2.05) is 0 Å². The molecule has 0 spiro atoms. The van der Waals surface area contributed by atoms with Crippen molar-refractivity contribution in [2.24, 2.45) is 0 Å². The zero-order chi connectivity index (χ0) is 15.6. The van der Waals surface area contributed by atoms with E-state index >= 15 is 0 Å². The highest BCUT2D eigenvalue weighted by atomic mass is 35.5. The first kappa shape index (κ1) is 16.8. The number of rotatable bonds is 6. The van der Waals surface area contributed by atoms with Gasteiger partial charge in [0, 0.05) is 24.2 Å². The molecule has 0 amide bonds. The molecule has 0 unspecified atom stereocenters. The number of nitrogens with two attached hydrogens (primary N) is 1. The topological polar surface area (TPSA) is 83.6 Å². The normalized spacial score (nSPS) is 16.2. The van der Waals surface area contributed by atoms with Gasteiger partial charge < -0.3 is 10.8 Å². The lowest BCUT2D eigenvalue weighted by Crippen LogP contribution is -2.45. The summed E-state index contributed by atoms with van der Waals surface area (Å²) in [5.74, 6) is 0. The van der Waals surface area contributed by atoms with Crippen molar-refractivity contribution in [3.8, 4) is 0 Å². The van der Waals surface area contributed by atoms with Crippen molar-refractivity contribution in [2.45, 2.75) is 36.6 Å². The first-order valence-corrected chi connectivity index (χ1v) is 8.94. The molecule has 1 aromatic carbocycles. The van der Waals surface area contributed by atoms with Crippen molar-refractivity contribution in [3.05, 3.63) is 22.2 Å². The monoisotopic (exact) mass is 352 g/mol. The van der Waals surface area contributed by atoms with Gasteiger partial charge in [-0.25, -0.2) is 8.42 Å². The van der Waals surface area contributed by atoms with Crippen molar-refractivity contribution >= 4 is 38.9 Å². The number of sulfonamides is 1. The number of nitrogen functional groups attached to an aromatic ring is 1. The zero-order valence-electron chi connectivity index (χ0n) is 11.4. The third-order valence-electron chi connectivity index (χ3n) is 3.62. The van der Waals surface area contributed by atoms with E-state index in [1.54, 1.807) is 0 Å². The molecule has 3 N–H and O–H groups in total. The number of anilines is 1. The van der Waals surface area contributed by atoms with E-state index < -0.39 is 10.0 Å². The van der Waals surface area contributed by atoms with Gasteiger partial charge >= 0.3 is 0 Å². The smallest absolute Gasteiger partial charge is 0.246 e. The van der Waals surface area contributed by atoms with Gasteiger partial charge in [-0.15, -0.1) is 0 Å². The molecule has 1 aliphatic carbocycles. The summed E-state index contributed by atoms with van der Waals surface area (Å²) in [5, 5.41) is 9.29. The second-order valence-corrected chi connectivity index (χ2v) is 7.75. The van der Waals surface area contributed by atoms with Gasteiger partial charge in [0.15, 0.2) is 0 Å². The van der Waals surface area contributed by atoms with Gasteiger partial charge in [0.05, 0.1) is 10.7 Å². The molecule has 1 aromatic rings. The summed E-state index contributed by atoms with van der Waals surface area (Å²) in [5.41, 5.74) is 5.85. The van der Waals surface area contributed by atoms with Crippen LogP contribution in [0.1, 0.15) is 25.7 Å². The lowest BCUT2D eigenvalue weighted by atomic mass is 9.93. The summed E-state index contributed by atoms with van der Waals surface area (Å²) in [6.45, 7) is 0.185. The van der Waals surface area contributed by atoms with Gasteiger partial charge in [-0.2, -0.15) is 4.31 Å². The van der Waals surface area contributed by atoms with Crippen LogP contribution in [0.3, 0.4) is 0 Å². The highest BCUT2D eigenvalue weighted by Gasteiger charge is 2.36. The number of halogens is 2. The minimum atomic E-state index is -3.80. The van der Waals surface area contributed by atoms with E-state index in [0.717, 1.165) is 19.3 Å². The number of hydrogen-bond donors (Lipinski definition) is 2. The summed E-state index contributed by atoms with van der Waals surface area (Å²) in [6, 6.07) is 2.70. The van der Waals surface area contributed by atoms with E-state index in [4.69, 9.17) is 34.0 Å². The molecular formula is C13H18Cl2N2O3S. The number of aliphatic hydroxyl groups is 1. The number of aliphatic hydroxyl groups excluding tert-OH is 1. The molecule has 1 aliphatic rings. The van der Waals surface area contributed by atoms with Gasteiger partial charge in [0.25, 0.3) is 0 Å². The van der Waals surface area contributed by atoms with E-state index in [1.165, 1.54) is 16.4 Å².